The van der Waals surface area contributed by atoms with E-state index in [1.807, 2.05) is 55.4 Å². The molecule has 4 aliphatic heterocycles. The molecule has 4 nitrogen and oxygen atoms in total. The Morgan fingerprint density at radius 1 is 0.486 bits per heavy atom. The number of rotatable bonds is 0. The number of hydrogen-bond donors (Lipinski definition) is 0. The first-order valence-corrected chi connectivity index (χ1v) is 14.1. The van der Waals surface area contributed by atoms with Crippen molar-refractivity contribution in [2.24, 2.45) is 9.98 Å². The lowest BCUT2D eigenvalue weighted by atomic mass is 10.1. The van der Waals surface area contributed by atoms with E-state index in [1.54, 1.807) is 0 Å². The topological polar surface area (TPSA) is 34.6 Å². The zero-order valence-electron chi connectivity index (χ0n) is 25.1. The van der Waals surface area contributed by atoms with Crippen molar-refractivity contribution in [3.05, 3.63) is 82.0 Å². The molecule has 198 valence electrons. The second kappa shape index (κ2) is 13.2. The first-order valence-electron chi connectivity index (χ1n) is 14.1. The van der Waals surface area contributed by atoms with Gasteiger partial charge in [-0.25, -0.2) is 9.98 Å². The normalized spacial score (nSPS) is 15.8. The minimum absolute atomic E-state index is 0.764. The molecule has 0 fully saturated rings. The van der Waals surface area contributed by atoms with Gasteiger partial charge in [0.2, 0.25) is 0 Å². The van der Waals surface area contributed by atoms with Gasteiger partial charge in [0.1, 0.15) is 0 Å². The van der Waals surface area contributed by atoms with Gasteiger partial charge in [-0.3, -0.25) is 0 Å². The lowest BCUT2D eigenvalue weighted by molar-refractivity contribution is 0.577. The van der Waals surface area contributed by atoms with E-state index in [0.29, 0.717) is 0 Å². The molecule has 6 rings (SSSR count). The lowest BCUT2D eigenvalue weighted by Crippen LogP contribution is -2.34. The highest BCUT2D eigenvalue weighted by molar-refractivity contribution is 6.26. The van der Waals surface area contributed by atoms with E-state index in [1.165, 1.54) is 44.4 Å². The minimum Gasteiger partial charge on any atom is -0.322 e. The Labute approximate surface area is 224 Å². The van der Waals surface area contributed by atoms with Gasteiger partial charge in [-0.2, -0.15) is 0 Å². The molecule has 4 aliphatic rings. The van der Waals surface area contributed by atoms with Crippen LogP contribution in [0.1, 0.15) is 94.5 Å². The average Bonchev–Trinajstić information content (AvgIpc) is 3.77. The van der Waals surface area contributed by atoms with Crippen molar-refractivity contribution in [1.29, 1.82) is 0 Å². The summed E-state index contributed by atoms with van der Waals surface area (Å²) in [5.74, 6) is 0. The third-order valence-corrected chi connectivity index (χ3v) is 6.60. The number of fused-ring (bicyclic) bond motifs is 2. The summed E-state index contributed by atoms with van der Waals surface area (Å²) in [6.07, 6.45) is 8.56. The van der Waals surface area contributed by atoms with Crippen molar-refractivity contribution < 1.29 is 0 Å². The number of aromatic nitrogens is 2. The number of allylic oxidation sites excluding steroid dienone is 6. The van der Waals surface area contributed by atoms with Gasteiger partial charge >= 0.3 is 0 Å². The number of hydrogen-bond acceptors (Lipinski definition) is 2. The Balaban J connectivity index is 0.000000553. The first kappa shape index (κ1) is 29.8. The van der Waals surface area contributed by atoms with Crippen LogP contribution in [0.4, 0.5) is 0 Å². The SMILES string of the molecule is CC.CC.CC.CC.CC1=C2C=CC(=N2)C(C)=c2ccc3n2Cn2c1ccc2C(C)=C1C=CC(=N1)C=3C. The van der Waals surface area contributed by atoms with Crippen LogP contribution in [0.2, 0.25) is 0 Å². The Bertz CT molecular complexity index is 1330. The summed E-state index contributed by atoms with van der Waals surface area (Å²) in [6, 6.07) is 8.90. The molecule has 0 atom stereocenters. The molecule has 37 heavy (non-hydrogen) atoms. The van der Waals surface area contributed by atoms with Gasteiger partial charge in [0.15, 0.2) is 0 Å². The largest absolute Gasteiger partial charge is 0.322 e. The van der Waals surface area contributed by atoms with E-state index in [2.05, 4.69) is 85.4 Å². The molecule has 4 heteroatoms. The van der Waals surface area contributed by atoms with Crippen molar-refractivity contribution in [3.63, 3.8) is 0 Å². The van der Waals surface area contributed by atoms with E-state index < -0.39 is 0 Å². The van der Waals surface area contributed by atoms with Gasteiger partial charge in [-0.1, -0.05) is 55.4 Å². The summed E-state index contributed by atoms with van der Waals surface area (Å²) in [6.45, 7) is 25.5. The lowest BCUT2D eigenvalue weighted by Gasteiger charge is -2.19. The van der Waals surface area contributed by atoms with Crippen molar-refractivity contribution >= 4 is 33.7 Å². The Hall–Kier alpha value is -3.40. The molecule has 0 radical (unpaired) electrons. The molecular formula is C33H46N4. The molecular weight excluding hydrogens is 452 g/mol. The highest BCUT2D eigenvalue weighted by Gasteiger charge is 2.22. The van der Waals surface area contributed by atoms with Gasteiger partial charge in [0, 0.05) is 22.1 Å². The van der Waals surface area contributed by atoms with E-state index in [9.17, 15) is 0 Å². The van der Waals surface area contributed by atoms with Crippen molar-refractivity contribution in [3.8, 4) is 0 Å². The molecule has 0 spiro atoms. The van der Waals surface area contributed by atoms with E-state index in [0.717, 1.165) is 29.5 Å². The highest BCUT2D eigenvalue weighted by atomic mass is 15.2. The van der Waals surface area contributed by atoms with E-state index >= 15 is 0 Å². The summed E-state index contributed by atoms with van der Waals surface area (Å²) in [5.41, 5.74) is 11.4. The van der Waals surface area contributed by atoms with Crippen molar-refractivity contribution in [2.45, 2.75) is 89.8 Å². The van der Waals surface area contributed by atoms with Crippen LogP contribution in [0.5, 0.6) is 0 Å². The van der Waals surface area contributed by atoms with Gasteiger partial charge in [-0.15, -0.1) is 0 Å². The standard InChI is InChI=1S/C25H22N4.4C2H6/c1-14-18-5-6-19(26-18)15(2)24-11-12-25-17(4)21-8-7-20(27-21)16(3)23-10-9-22(14)28(23)13-29(24)25;4*1-2/h5-12H,13H2,1-4H3;4*1-2H3. The predicted octanol–water partition coefficient (Wildman–Crippen LogP) is 7.75. The molecule has 0 amide bonds. The smallest absolute Gasteiger partial charge is 0.1000 e. The molecule has 0 N–H and O–H groups in total. The van der Waals surface area contributed by atoms with Crippen molar-refractivity contribution in [2.75, 3.05) is 0 Å². The second-order valence-corrected chi connectivity index (χ2v) is 8.14. The second-order valence-electron chi connectivity index (χ2n) is 8.14. The third kappa shape index (κ3) is 5.20. The van der Waals surface area contributed by atoms with Crippen LogP contribution in [0.15, 0.2) is 69.9 Å². The Kier molecular flexibility index (Phi) is 10.7. The quantitative estimate of drug-likeness (QED) is 0.356. The summed E-state index contributed by atoms with van der Waals surface area (Å²) < 4.78 is 4.83. The van der Waals surface area contributed by atoms with Gasteiger partial charge in [0.25, 0.3) is 0 Å². The van der Waals surface area contributed by atoms with Gasteiger partial charge in [0.05, 0.1) is 29.5 Å². The minimum atomic E-state index is 0.764. The molecule has 2 aromatic rings. The van der Waals surface area contributed by atoms with Gasteiger partial charge < -0.3 is 9.13 Å². The zero-order valence-corrected chi connectivity index (χ0v) is 25.1. The van der Waals surface area contributed by atoms with Crippen LogP contribution < -0.4 is 10.7 Å². The average molecular weight is 499 g/mol. The van der Waals surface area contributed by atoms with Crippen molar-refractivity contribution in [1.82, 2.24) is 9.13 Å². The first-order chi connectivity index (χ1) is 18.0. The van der Waals surface area contributed by atoms with E-state index in [-0.39, 0.29) is 0 Å². The summed E-state index contributed by atoms with van der Waals surface area (Å²) in [7, 11) is 0. The maximum absolute atomic E-state index is 4.96. The van der Waals surface area contributed by atoms with Crippen LogP contribution in [0.25, 0.3) is 22.3 Å². The highest BCUT2D eigenvalue weighted by Crippen LogP contribution is 2.32. The van der Waals surface area contributed by atoms with Crippen LogP contribution >= 0.6 is 0 Å². The Morgan fingerprint density at radius 2 is 0.865 bits per heavy atom. The molecule has 0 unspecified atom stereocenters. The van der Waals surface area contributed by atoms with Crippen LogP contribution in [-0.2, 0) is 6.67 Å². The van der Waals surface area contributed by atoms with Gasteiger partial charge in [-0.05, 0) is 98.6 Å². The molecule has 2 aromatic heterocycles. The fraction of sp³-hybridized carbons (Fsp3) is 0.394. The molecule has 0 saturated carbocycles. The zero-order chi connectivity index (χ0) is 27.9. The van der Waals surface area contributed by atoms with E-state index in [4.69, 9.17) is 9.98 Å². The Morgan fingerprint density at radius 3 is 1.24 bits per heavy atom. The maximum Gasteiger partial charge on any atom is 0.1000 e. The fourth-order valence-corrected chi connectivity index (χ4v) is 4.78. The summed E-state index contributed by atoms with van der Waals surface area (Å²) in [4.78, 5) is 9.92. The third-order valence-electron chi connectivity index (χ3n) is 6.60. The maximum atomic E-state index is 4.96. The fourth-order valence-electron chi connectivity index (χ4n) is 4.78. The van der Waals surface area contributed by atoms with Crippen LogP contribution in [0.3, 0.4) is 0 Å². The molecule has 0 aliphatic carbocycles. The molecule has 6 bridgehead atoms. The molecule has 6 heterocycles. The van der Waals surface area contributed by atoms with Crippen LogP contribution in [-0.4, -0.2) is 20.6 Å². The monoisotopic (exact) mass is 498 g/mol. The summed E-state index contributed by atoms with van der Waals surface area (Å²) >= 11 is 0. The molecule has 0 aromatic carbocycles. The van der Waals surface area contributed by atoms with Crippen LogP contribution in [0, 0.1) is 0 Å². The number of nitrogens with zero attached hydrogens (tertiary/aromatic N) is 4. The number of aliphatic imine (C=N–C) groups is 2. The summed E-state index contributed by atoms with van der Waals surface area (Å²) in [5, 5.41) is 2.42. The predicted molar refractivity (Wildman–Crippen MR) is 165 cm³/mol. The molecule has 0 saturated heterocycles.